The number of benzene rings is 5. The number of fused-ring (bicyclic) bond motifs is 2. The van der Waals surface area contributed by atoms with Crippen molar-refractivity contribution in [3.05, 3.63) is 166 Å². The highest BCUT2D eigenvalue weighted by molar-refractivity contribution is 7.73. The van der Waals surface area contributed by atoms with Gasteiger partial charge in [0.05, 0.1) is 50.7 Å². The fraction of sp³-hybridized carbons (Fsp3) is 0.240. The molecule has 0 bridgehead atoms. The average molecular weight is 955 g/mol. The van der Waals surface area contributed by atoms with Gasteiger partial charge in [-0.2, -0.15) is 0 Å². The molecule has 0 spiro atoms. The summed E-state index contributed by atoms with van der Waals surface area (Å²) in [5, 5.41) is 6.80. The zero-order valence-corrected chi connectivity index (χ0v) is 39.1. The molecule has 68 heavy (non-hydrogen) atoms. The van der Waals surface area contributed by atoms with Crippen molar-refractivity contribution < 1.29 is 57.3 Å². The lowest BCUT2D eigenvalue weighted by molar-refractivity contribution is -0.171. The molecule has 4 heterocycles. The van der Waals surface area contributed by atoms with E-state index in [-0.39, 0.29) is 47.9 Å². The minimum Gasteiger partial charge on any atom is -0.465 e. The third-order valence-electron chi connectivity index (χ3n) is 12.6. The first-order chi connectivity index (χ1) is 33.0. The summed E-state index contributed by atoms with van der Waals surface area (Å²) in [6.07, 6.45) is -0.547. The molecule has 4 saturated heterocycles. The highest BCUT2D eigenvalue weighted by Gasteiger charge is 2.60. The van der Waals surface area contributed by atoms with Gasteiger partial charge < -0.3 is 18.9 Å². The van der Waals surface area contributed by atoms with Gasteiger partial charge in [0.1, 0.15) is 23.1 Å². The molecular formula is C50H44N4O12P2. The van der Waals surface area contributed by atoms with Crippen LogP contribution >= 0.6 is 15.8 Å². The van der Waals surface area contributed by atoms with E-state index in [2.05, 4.69) is 0 Å². The predicted octanol–water partition coefficient (Wildman–Crippen LogP) is 6.60. The third kappa shape index (κ3) is 7.48. The second-order valence-corrected chi connectivity index (χ2v) is 20.6. The van der Waals surface area contributed by atoms with E-state index in [0.717, 1.165) is 0 Å². The van der Waals surface area contributed by atoms with E-state index < -0.39 is 86.5 Å². The quantitative estimate of drug-likeness (QED) is 0.0831. The summed E-state index contributed by atoms with van der Waals surface area (Å²) in [4.78, 5) is 114. The number of amides is 4. The van der Waals surface area contributed by atoms with E-state index in [4.69, 9.17) is 18.9 Å². The van der Waals surface area contributed by atoms with Gasteiger partial charge in [-0.05, 0) is 73.0 Å². The van der Waals surface area contributed by atoms with Crippen molar-refractivity contribution >= 4 is 74.0 Å². The van der Waals surface area contributed by atoms with E-state index in [1.54, 1.807) is 109 Å². The Balaban J connectivity index is 1.42. The minimum absolute atomic E-state index is 0.137. The molecule has 18 heteroatoms. The fourth-order valence-corrected chi connectivity index (χ4v) is 17.2. The molecule has 346 valence electrons. The summed E-state index contributed by atoms with van der Waals surface area (Å²) in [6, 6.07) is 34.1. The number of esters is 4. The Bertz CT molecular complexity index is 2560. The molecule has 4 fully saturated rings. The van der Waals surface area contributed by atoms with Gasteiger partial charge in [-0.1, -0.05) is 97.1 Å². The number of carbonyl (C=O) groups is 8. The van der Waals surface area contributed by atoms with E-state index in [1.807, 2.05) is 12.1 Å². The van der Waals surface area contributed by atoms with Crippen LogP contribution in [0.15, 0.2) is 121 Å². The largest absolute Gasteiger partial charge is 0.465 e. The molecule has 0 radical (unpaired) electrons. The summed E-state index contributed by atoms with van der Waals surface area (Å²) in [5.74, 6) is -8.60. The number of hydrogen-bond donors (Lipinski definition) is 0. The maximum Gasteiger partial charge on any atom is 0.338 e. The number of methoxy groups -OCH3 is 4. The highest BCUT2D eigenvalue weighted by atomic mass is 31.1. The second-order valence-electron chi connectivity index (χ2n) is 16.1. The van der Waals surface area contributed by atoms with Crippen LogP contribution in [0.2, 0.25) is 0 Å². The topological polar surface area (TPSA) is 186 Å². The van der Waals surface area contributed by atoms with Crippen LogP contribution in [0.1, 0.15) is 113 Å². The maximum absolute atomic E-state index is 14.7. The molecule has 4 amide bonds. The standard InChI is InChI=1S/C50H44N4O12P2/c1-63-47(59)33-19-9-5-15-29(33)43-51-39(55)25-26-40(56)52(51)44(30-16-6-10-20-34(30)48(60)64-2)67(43)37-23-13-14-24-38(37)68-45(31-17-7-11-21-35(31)49(61)65-3)53-41(57)27-28-42(58)54(53)46(68)32-18-8-12-22-36(32)50(62)66-4/h5-24,43-46H,25-28H2,1-4H3/t43-,44-,45-,46-/m1/s1. The zero-order valence-electron chi connectivity index (χ0n) is 37.3. The van der Waals surface area contributed by atoms with Crippen molar-refractivity contribution in [2.75, 3.05) is 28.4 Å². The Morgan fingerprint density at radius 2 is 0.574 bits per heavy atom. The Labute approximate surface area is 393 Å². The molecule has 9 rings (SSSR count). The van der Waals surface area contributed by atoms with Crippen LogP contribution in [0, 0.1) is 0 Å². The van der Waals surface area contributed by atoms with E-state index in [9.17, 15) is 38.4 Å². The van der Waals surface area contributed by atoms with Gasteiger partial charge in [-0.3, -0.25) is 19.2 Å². The minimum atomic E-state index is -2.10. The van der Waals surface area contributed by atoms with Gasteiger partial charge in [0.2, 0.25) is 23.6 Å². The van der Waals surface area contributed by atoms with Crippen LogP contribution in [-0.4, -0.2) is 96.0 Å². The van der Waals surface area contributed by atoms with Crippen molar-refractivity contribution in [1.82, 2.24) is 20.0 Å². The number of carbonyl (C=O) groups excluding carboxylic acids is 8. The number of hydrogen-bond acceptors (Lipinski definition) is 12. The van der Waals surface area contributed by atoms with Gasteiger partial charge in [0.15, 0.2) is 0 Å². The molecule has 5 aromatic rings. The summed E-state index contributed by atoms with van der Waals surface area (Å²) in [7, 11) is 0.794. The number of hydrazine groups is 2. The molecule has 0 aliphatic carbocycles. The lowest BCUT2D eigenvalue weighted by Gasteiger charge is -2.37. The monoisotopic (exact) mass is 954 g/mol. The number of nitrogens with zero attached hydrogens (tertiary/aromatic N) is 4. The van der Waals surface area contributed by atoms with Crippen LogP contribution in [0.25, 0.3) is 0 Å². The third-order valence-corrected chi connectivity index (χ3v) is 18.8. The Kier molecular flexibility index (Phi) is 12.7. The van der Waals surface area contributed by atoms with Crippen LogP contribution in [-0.2, 0) is 38.1 Å². The lowest BCUT2D eigenvalue weighted by Crippen LogP contribution is -2.50. The highest BCUT2D eigenvalue weighted by Crippen LogP contribution is 2.74. The maximum atomic E-state index is 14.7. The average Bonchev–Trinajstić information content (AvgIpc) is 3.93. The Morgan fingerprint density at radius 1 is 0.368 bits per heavy atom. The molecule has 5 aromatic carbocycles. The lowest BCUT2D eigenvalue weighted by atomic mass is 10.1. The molecule has 0 saturated carbocycles. The van der Waals surface area contributed by atoms with Crippen molar-refractivity contribution in [3.63, 3.8) is 0 Å². The molecule has 16 nitrogen and oxygen atoms in total. The van der Waals surface area contributed by atoms with Crippen LogP contribution < -0.4 is 10.6 Å². The van der Waals surface area contributed by atoms with E-state index in [1.165, 1.54) is 48.5 Å². The fourth-order valence-electron chi connectivity index (χ4n) is 9.75. The van der Waals surface area contributed by atoms with Crippen molar-refractivity contribution in [1.29, 1.82) is 0 Å². The summed E-state index contributed by atoms with van der Waals surface area (Å²) in [5.41, 5.74) is 2.04. The van der Waals surface area contributed by atoms with Crippen molar-refractivity contribution in [2.45, 2.75) is 48.8 Å². The molecule has 4 aliphatic heterocycles. The SMILES string of the molecule is COC(=O)c1ccccc1[C@@H]1N2C(=O)CCC(=O)N2[C@@H](c2ccccc2C(=O)OC)P1c1ccccc1P1[C@H](c2ccccc2C(=O)OC)N2C(=O)CCC(=O)N2[C@H]1c1ccccc1C(=O)OC. The van der Waals surface area contributed by atoms with E-state index in [0.29, 0.717) is 32.9 Å². The molecule has 4 atom stereocenters. The molecule has 4 aliphatic rings. The van der Waals surface area contributed by atoms with Gasteiger partial charge >= 0.3 is 23.9 Å². The summed E-state index contributed by atoms with van der Waals surface area (Å²) >= 11 is 0. The normalized spacial score (nSPS) is 20.5. The molecule has 0 N–H and O–H groups in total. The van der Waals surface area contributed by atoms with Gasteiger partial charge in [-0.25, -0.2) is 39.2 Å². The second kappa shape index (κ2) is 18.8. The number of rotatable bonds is 10. The van der Waals surface area contributed by atoms with Crippen molar-refractivity contribution in [2.24, 2.45) is 0 Å². The molecule has 0 aromatic heterocycles. The molecule has 0 unspecified atom stereocenters. The predicted molar refractivity (Wildman–Crippen MR) is 247 cm³/mol. The number of ether oxygens (including phenoxy) is 4. The summed E-state index contributed by atoms with van der Waals surface area (Å²) < 4.78 is 21.2. The van der Waals surface area contributed by atoms with E-state index >= 15 is 0 Å². The van der Waals surface area contributed by atoms with Gasteiger partial charge in [0.25, 0.3) is 0 Å². The zero-order chi connectivity index (χ0) is 48.0. The Morgan fingerprint density at radius 3 is 0.794 bits per heavy atom. The Hall–Kier alpha value is -7.28. The van der Waals surface area contributed by atoms with Crippen LogP contribution in [0.4, 0.5) is 0 Å². The first kappa shape index (κ1) is 45.9. The van der Waals surface area contributed by atoms with Crippen LogP contribution in [0.5, 0.6) is 0 Å². The van der Waals surface area contributed by atoms with Crippen LogP contribution in [0.3, 0.4) is 0 Å². The molecular weight excluding hydrogens is 911 g/mol. The van der Waals surface area contributed by atoms with Gasteiger partial charge in [-0.15, -0.1) is 0 Å². The first-order valence-electron chi connectivity index (χ1n) is 21.6. The first-order valence-corrected chi connectivity index (χ1v) is 24.6. The summed E-state index contributed by atoms with van der Waals surface area (Å²) in [6.45, 7) is 0. The smallest absolute Gasteiger partial charge is 0.338 e. The van der Waals surface area contributed by atoms with Crippen molar-refractivity contribution in [3.8, 4) is 0 Å². The van der Waals surface area contributed by atoms with Gasteiger partial charge in [0, 0.05) is 25.7 Å².